The number of hydrogen-bond acceptors (Lipinski definition) is 2. The Kier molecular flexibility index (Phi) is 6.12. The summed E-state index contributed by atoms with van der Waals surface area (Å²) in [5.74, 6) is -0.00297. The van der Waals surface area contributed by atoms with Gasteiger partial charge < -0.3 is 4.90 Å². The molecule has 0 aliphatic carbocycles. The Balaban J connectivity index is 1.77. The van der Waals surface area contributed by atoms with Crippen LogP contribution in [0.4, 0.5) is 4.39 Å². The molecular formula is C26H26FN3O. The summed E-state index contributed by atoms with van der Waals surface area (Å²) in [6.07, 6.45) is 1.78. The van der Waals surface area contributed by atoms with Crippen LogP contribution in [0.15, 0.2) is 72.8 Å². The molecular weight excluding hydrogens is 389 g/mol. The van der Waals surface area contributed by atoms with Crippen molar-refractivity contribution < 1.29 is 9.18 Å². The highest BCUT2D eigenvalue weighted by Gasteiger charge is 2.23. The van der Waals surface area contributed by atoms with Crippen LogP contribution in [0.1, 0.15) is 41.5 Å². The summed E-state index contributed by atoms with van der Waals surface area (Å²) in [5, 5.41) is 0. The first kappa shape index (κ1) is 20.8. The molecule has 31 heavy (non-hydrogen) atoms. The molecule has 1 aromatic heterocycles. The van der Waals surface area contributed by atoms with E-state index in [0.717, 1.165) is 35.4 Å². The maximum atomic E-state index is 14.7. The third-order valence-electron chi connectivity index (χ3n) is 5.47. The molecule has 0 saturated carbocycles. The number of aromatic nitrogens is 2. The van der Waals surface area contributed by atoms with Gasteiger partial charge in [0.25, 0.3) is 5.91 Å². The number of benzene rings is 3. The van der Waals surface area contributed by atoms with Gasteiger partial charge in [0.05, 0.1) is 23.1 Å². The van der Waals surface area contributed by atoms with Crippen molar-refractivity contribution in [2.24, 2.45) is 0 Å². The fraction of sp³-hybridized carbons (Fsp3) is 0.231. The van der Waals surface area contributed by atoms with Gasteiger partial charge >= 0.3 is 0 Å². The summed E-state index contributed by atoms with van der Waals surface area (Å²) >= 11 is 0. The Hall–Kier alpha value is -3.47. The molecule has 0 N–H and O–H groups in total. The highest BCUT2D eigenvalue weighted by molar-refractivity contribution is 5.94. The molecule has 1 heterocycles. The molecule has 0 fully saturated rings. The van der Waals surface area contributed by atoms with Gasteiger partial charge in [0.2, 0.25) is 0 Å². The third kappa shape index (κ3) is 4.22. The van der Waals surface area contributed by atoms with Crippen molar-refractivity contribution in [3.63, 3.8) is 0 Å². The summed E-state index contributed by atoms with van der Waals surface area (Å²) in [6.45, 7) is 4.60. The number of para-hydroxylation sites is 3. The summed E-state index contributed by atoms with van der Waals surface area (Å²) in [4.78, 5) is 19.9. The fourth-order valence-corrected chi connectivity index (χ4v) is 3.80. The third-order valence-corrected chi connectivity index (χ3v) is 5.47. The van der Waals surface area contributed by atoms with Crippen molar-refractivity contribution in [2.75, 3.05) is 6.54 Å². The number of amides is 1. The van der Waals surface area contributed by atoms with Gasteiger partial charge in [-0.2, -0.15) is 0 Å². The number of rotatable bonds is 7. The van der Waals surface area contributed by atoms with E-state index >= 15 is 0 Å². The molecule has 0 saturated heterocycles. The minimum Gasteiger partial charge on any atom is -0.331 e. The highest BCUT2D eigenvalue weighted by atomic mass is 19.1. The molecule has 0 atom stereocenters. The van der Waals surface area contributed by atoms with E-state index < -0.39 is 5.82 Å². The molecule has 5 heteroatoms. The number of halogens is 1. The molecule has 0 aliphatic rings. The lowest BCUT2D eigenvalue weighted by Crippen LogP contribution is -2.33. The van der Waals surface area contributed by atoms with E-state index in [1.807, 2.05) is 54.6 Å². The Bertz CT molecular complexity index is 1200. The van der Waals surface area contributed by atoms with Crippen LogP contribution in [0.3, 0.4) is 0 Å². The van der Waals surface area contributed by atoms with Gasteiger partial charge in [-0.25, -0.2) is 9.37 Å². The zero-order valence-corrected chi connectivity index (χ0v) is 17.9. The molecule has 3 aromatic carbocycles. The summed E-state index contributed by atoms with van der Waals surface area (Å²) in [6, 6.07) is 22.9. The lowest BCUT2D eigenvalue weighted by Gasteiger charge is -2.23. The minimum absolute atomic E-state index is 0.110. The van der Waals surface area contributed by atoms with Crippen LogP contribution in [0.25, 0.3) is 16.7 Å². The summed E-state index contributed by atoms with van der Waals surface area (Å²) in [5.41, 5.74) is 3.41. The maximum absolute atomic E-state index is 14.7. The van der Waals surface area contributed by atoms with E-state index in [-0.39, 0.29) is 11.5 Å². The molecule has 0 radical (unpaired) electrons. The number of unbranched alkanes of at least 4 members (excludes halogenated alkanes) is 1. The van der Waals surface area contributed by atoms with E-state index in [1.165, 1.54) is 0 Å². The zero-order valence-electron chi connectivity index (χ0n) is 17.9. The maximum Gasteiger partial charge on any atom is 0.257 e. The summed E-state index contributed by atoms with van der Waals surface area (Å²) in [7, 11) is 0. The van der Waals surface area contributed by atoms with E-state index in [1.54, 1.807) is 30.0 Å². The van der Waals surface area contributed by atoms with Gasteiger partial charge in [-0.05, 0) is 49.2 Å². The fourth-order valence-electron chi connectivity index (χ4n) is 3.80. The van der Waals surface area contributed by atoms with Gasteiger partial charge in [0.15, 0.2) is 0 Å². The predicted octanol–water partition coefficient (Wildman–Crippen LogP) is 5.92. The van der Waals surface area contributed by atoms with Crippen LogP contribution in [0.2, 0.25) is 0 Å². The Labute approximate surface area is 182 Å². The van der Waals surface area contributed by atoms with Crippen molar-refractivity contribution >= 4 is 16.9 Å². The van der Waals surface area contributed by atoms with Gasteiger partial charge in [-0.1, -0.05) is 55.8 Å². The topological polar surface area (TPSA) is 38.1 Å². The first-order valence-electron chi connectivity index (χ1n) is 10.7. The number of carbonyl (C=O) groups excluding carboxylic acids is 1. The summed E-state index contributed by atoms with van der Waals surface area (Å²) < 4.78 is 16.8. The number of nitrogens with zero attached hydrogens (tertiary/aromatic N) is 3. The smallest absolute Gasteiger partial charge is 0.257 e. The normalized spacial score (nSPS) is 11.1. The molecule has 4 aromatic rings. The Morgan fingerprint density at radius 3 is 2.52 bits per heavy atom. The average molecular weight is 416 g/mol. The molecule has 0 unspecified atom stereocenters. The van der Waals surface area contributed by atoms with E-state index in [0.29, 0.717) is 18.7 Å². The Morgan fingerprint density at radius 1 is 1.00 bits per heavy atom. The number of aryl methyl sites for hydroxylation is 1. The van der Waals surface area contributed by atoms with Crippen molar-refractivity contribution in [3.05, 3.63) is 95.6 Å². The van der Waals surface area contributed by atoms with E-state index in [9.17, 15) is 9.18 Å². The SMILES string of the molecule is CCCCN(Cc1nc2ccccc2n1-c1ccccc1)C(=O)c1cccc(C)c1F. The average Bonchev–Trinajstić information content (AvgIpc) is 3.16. The number of carbonyl (C=O) groups is 1. The number of imidazole rings is 1. The largest absolute Gasteiger partial charge is 0.331 e. The van der Waals surface area contributed by atoms with Crippen LogP contribution in [-0.2, 0) is 6.54 Å². The van der Waals surface area contributed by atoms with Crippen LogP contribution in [0, 0.1) is 12.7 Å². The first-order valence-corrected chi connectivity index (χ1v) is 10.7. The van der Waals surface area contributed by atoms with Gasteiger partial charge in [0.1, 0.15) is 11.6 Å². The second-order valence-corrected chi connectivity index (χ2v) is 7.70. The second kappa shape index (κ2) is 9.13. The molecule has 4 nitrogen and oxygen atoms in total. The monoisotopic (exact) mass is 415 g/mol. The van der Waals surface area contributed by atoms with Crippen molar-refractivity contribution in [3.8, 4) is 5.69 Å². The first-order chi connectivity index (χ1) is 15.1. The number of hydrogen-bond donors (Lipinski definition) is 0. The molecule has 0 bridgehead atoms. The molecule has 4 rings (SSSR count). The van der Waals surface area contributed by atoms with E-state index in [2.05, 4.69) is 11.5 Å². The van der Waals surface area contributed by atoms with E-state index in [4.69, 9.17) is 4.98 Å². The van der Waals surface area contributed by atoms with Crippen molar-refractivity contribution in [1.82, 2.24) is 14.5 Å². The van der Waals surface area contributed by atoms with Gasteiger partial charge in [-0.3, -0.25) is 9.36 Å². The van der Waals surface area contributed by atoms with Gasteiger partial charge in [-0.15, -0.1) is 0 Å². The molecule has 0 spiro atoms. The van der Waals surface area contributed by atoms with Crippen LogP contribution >= 0.6 is 0 Å². The van der Waals surface area contributed by atoms with Crippen molar-refractivity contribution in [1.29, 1.82) is 0 Å². The Morgan fingerprint density at radius 2 is 1.74 bits per heavy atom. The lowest BCUT2D eigenvalue weighted by atomic mass is 10.1. The number of fused-ring (bicyclic) bond motifs is 1. The van der Waals surface area contributed by atoms with Crippen LogP contribution < -0.4 is 0 Å². The van der Waals surface area contributed by atoms with Crippen LogP contribution in [0.5, 0.6) is 0 Å². The lowest BCUT2D eigenvalue weighted by molar-refractivity contribution is 0.0731. The molecule has 158 valence electrons. The second-order valence-electron chi connectivity index (χ2n) is 7.70. The highest BCUT2D eigenvalue weighted by Crippen LogP contribution is 2.24. The quantitative estimate of drug-likeness (QED) is 0.376. The van der Waals surface area contributed by atoms with Crippen LogP contribution in [-0.4, -0.2) is 26.9 Å². The predicted molar refractivity (Wildman–Crippen MR) is 122 cm³/mol. The van der Waals surface area contributed by atoms with Crippen molar-refractivity contribution in [2.45, 2.75) is 33.2 Å². The zero-order chi connectivity index (χ0) is 21.8. The molecule has 0 aliphatic heterocycles. The standard InChI is InChI=1S/C26H26FN3O/c1-3-4-17-29(26(31)21-14-10-11-19(2)25(21)27)18-24-28-22-15-8-9-16-23(22)30(24)20-12-6-5-7-13-20/h5-16H,3-4,17-18H2,1-2H3. The minimum atomic E-state index is -0.453. The molecule has 1 amide bonds. The van der Waals surface area contributed by atoms with Gasteiger partial charge in [0, 0.05) is 12.2 Å².